The maximum Gasteiger partial charge on any atom is 0.261 e. The molecule has 114 valence electrons. The lowest BCUT2D eigenvalue weighted by Crippen LogP contribution is -2.36. The van der Waals surface area contributed by atoms with Gasteiger partial charge in [0.1, 0.15) is 0 Å². The molecule has 0 aromatic heterocycles. The number of nitrogens with zero attached hydrogens (tertiary/aromatic N) is 1. The highest BCUT2D eigenvalue weighted by molar-refractivity contribution is 6.25. The van der Waals surface area contributed by atoms with Crippen molar-refractivity contribution >= 4 is 22.6 Å². The lowest BCUT2D eigenvalue weighted by Gasteiger charge is -2.23. The monoisotopic (exact) mass is 287 g/mol. The second kappa shape index (κ2) is 8.20. The third kappa shape index (κ3) is 3.13. The molecule has 3 heteroatoms. The van der Waals surface area contributed by atoms with Gasteiger partial charge in [-0.2, -0.15) is 0 Å². The van der Waals surface area contributed by atoms with Gasteiger partial charge in [0.15, 0.2) is 0 Å². The number of carbonyl (C=O) groups is 2. The summed E-state index contributed by atoms with van der Waals surface area (Å²) in [7, 11) is 1.51. The van der Waals surface area contributed by atoms with Crippen LogP contribution in [-0.2, 0) is 0 Å². The van der Waals surface area contributed by atoms with Gasteiger partial charge in [-0.25, -0.2) is 0 Å². The predicted octanol–water partition coefficient (Wildman–Crippen LogP) is 4.75. The summed E-state index contributed by atoms with van der Waals surface area (Å²) in [4.78, 5) is 25.0. The van der Waals surface area contributed by atoms with E-state index in [1.807, 2.05) is 52.0 Å². The van der Waals surface area contributed by atoms with Gasteiger partial charge in [-0.1, -0.05) is 59.4 Å². The van der Waals surface area contributed by atoms with Crippen molar-refractivity contribution in [2.45, 2.75) is 35.1 Å². The van der Waals surface area contributed by atoms with Crippen molar-refractivity contribution in [1.29, 1.82) is 0 Å². The molecule has 2 amide bonds. The fourth-order valence-corrected chi connectivity index (χ4v) is 2.15. The van der Waals surface area contributed by atoms with Crippen LogP contribution in [0.15, 0.2) is 36.4 Å². The Morgan fingerprint density at radius 3 is 1.52 bits per heavy atom. The highest BCUT2D eigenvalue weighted by Crippen LogP contribution is 2.28. The minimum absolute atomic E-state index is 0. The standard InChI is InChI=1S/C13H9NO2.2C2H6.CH4/c1-14-12(15)9-6-2-4-8-5-3-7-10(11(8)9)13(14)16;2*1-2;/h2-7H,1H3;2*1-2H3;1H4. The van der Waals surface area contributed by atoms with Crippen LogP contribution in [0.25, 0.3) is 10.8 Å². The summed E-state index contributed by atoms with van der Waals surface area (Å²) in [5.74, 6) is -0.455. The predicted molar refractivity (Wildman–Crippen MR) is 89.8 cm³/mol. The van der Waals surface area contributed by atoms with Crippen LogP contribution in [0.2, 0.25) is 0 Å². The topological polar surface area (TPSA) is 37.4 Å². The minimum atomic E-state index is -0.228. The fourth-order valence-electron chi connectivity index (χ4n) is 2.15. The molecule has 3 rings (SSSR count). The van der Waals surface area contributed by atoms with Crippen molar-refractivity contribution in [3.8, 4) is 0 Å². The zero-order chi connectivity index (χ0) is 15.3. The molecule has 0 atom stereocenters. The van der Waals surface area contributed by atoms with Crippen molar-refractivity contribution in [3.63, 3.8) is 0 Å². The van der Waals surface area contributed by atoms with E-state index in [9.17, 15) is 9.59 Å². The summed E-state index contributed by atoms with van der Waals surface area (Å²) in [5, 5.41) is 1.71. The molecule has 0 unspecified atom stereocenters. The van der Waals surface area contributed by atoms with Crippen molar-refractivity contribution < 1.29 is 9.59 Å². The maximum absolute atomic E-state index is 11.9. The van der Waals surface area contributed by atoms with Crippen LogP contribution in [0.4, 0.5) is 0 Å². The third-order valence-electron chi connectivity index (χ3n) is 2.97. The third-order valence-corrected chi connectivity index (χ3v) is 2.97. The summed E-state index contributed by atoms with van der Waals surface area (Å²) in [6.45, 7) is 8.00. The van der Waals surface area contributed by atoms with Crippen molar-refractivity contribution in [3.05, 3.63) is 47.5 Å². The van der Waals surface area contributed by atoms with Gasteiger partial charge in [0.05, 0.1) is 0 Å². The van der Waals surface area contributed by atoms with Gasteiger partial charge in [0, 0.05) is 23.6 Å². The Bertz CT molecular complexity index is 581. The smallest absolute Gasteiger partial charge is 0.261 e. The van der Waals surface area contributed by atoms with Crippen LogP contribution in [-0.4, -0.2) is 23.8 Å². The molecule has 1 heterocycles. The number of imide groups is 1. The highest BCUT2D eigenvalue weighted by Gasteiger charge is 2.29. The first-order valence-corrected chi connectivity index (χ1v) is 7.04. The normalized spacial score (nSPS) is 11.8. The first-order chi connectivity index (χ1) is 9.70. The van der Waals surface area contributed by atoms with Gasteiger partial charge in [-0.3, -0.25) is 14.5 Å². The Morgan fingerprint density at radius 2 is 1.14 bits per heavy atom. The van der Waals surface area contributed by atoms with E-state index < -0.39 is 0 Å². The Balaban J connectivity index is 0.000000741. The summed E-state index contributed by atoms with van der Waals surface area (Å²) in [6.07, 6.45) is 0. The van der Waals surface area contributed by atoms with Crippen molar-refractivity contribution in [2.75, 3.05) is 7.05 Å². The second-order valence-electron chi connectivity index (χ2n) is 3.88. The first kappa shape index (κ1) is 18.8. The van der Waals surface area contributed by atoms with E-state index in [1.54, 1.807) is 12.1 Å². The summed E-state index contributed by atoms with van der Waals surface area (Å²) < 4.78 is 0. The molecule has 1 aliphatic rings. The van der Waals surface area contributed by atoms with Gasteiger partial charge < -0.3 is 0 Å². The van der Waals surface area contributed by atoms with Gasteiger partial charge >= 0.3 is 0 Å². The molecule has 2 aromatic carbocycles. The van der Waals surface area contributed by atoms with Crippen LogP contribution >= 0.6 is 0 Å². The second-order valence-corrected chi connectivity index (χ2v) is 3.88. The molecule has 0 aliphatic carbocycles. The van der Waals surface area contributed by atoms with Crippen LogP contribution in [0.1, 0.15) is 55.8 Å². The van der Waals surface area contributed by atoms with E-state index in [0.717, 1.165) is 15.7 Å². The molecular weight excluding hydrogens is 262 g/mol. The number of carbonyl (C=O) groups excluding carboxylic acids is 2. The van der Waals surface area contributed by atoms with E-state index in [-0.39, 0.29) is 19.2 Å². The molecule has 0 saturated heterocycles. The Hall–Kier alpha value is -2.16. The van der Waals surface area contributed by atoms with Crippen LogP contribution in [0, 0.1) is 0 Å². The molecule has 0 saturated carbocycles. The maximum atomic E-state index is 11.9. The number of hydrogen-bond acceptors (Lipinski definition) is 2. The largest absolute Gasteiger partial charge is 0.277 e. The van der Waals surface area contributed by atoms with Gasteiger partial charge in [0.2, 0.25) is 0 Å². The number of benzene rings is 2. The van der Waals surface area contributed by atoms with E-state index in [4.69, 9.17) is 0 Å². The summed E-state index contributed by atoms with van der Waals surface area (Å²) in [5.41, 5.74) is 1.21. The lowest BCUT2D eigenvalue weighted by molar-refractivity contribution is 0.0650. The van der Waals surface area contributed by atoms with E-state index in [2.05, 4.69) is 0 Å². The molecule has 1 aliphatic heterocycles. The average Bonchev–Trinajstić information content (AvgIpc) is 2.54. The summed E-state index contributed by atoms with van der Waals surface area (Å²) >= 11 is 0. The zero-order valence-electron chi connectivity index (χ0n) is 12.7. The molecule has 0 fully saturated rings. The van der Waals surface area contributed by atoms with E-state index in [1.165, 1.54) is 7.05 Å². The SMILES string of the molecule is C.CC.CC.CN1C(=O)c2cccc3cccc(c23)C1=O. The first-order valence-electron chi connectivity index (χ1n) is 7.04. The fraction of sp³-hybridized carbons (Fsp3) is 0.333. The molecule has 0 bridgehead atoms. The highest BCUT2D eigenvalue weighted by atomic mass is 16.2. The van der Waals surface area contributed by atoms with Crippen LogP contribution in [0.3, 0.4) is 0 Å². The molecule has 3 nitrogen and oxygen atoms in total. The Labute approximate surface area is 127 Å². The summed E-state index contributed by atoms with van der Waals surface area (Å²) in [6, 6.07) is 11.0. The average molecular weight is 287 g/mol. The molecule has 0 radical (unpaired) electrons. The molecule has 2 aromatic rings. The zero-order valence-corrected chi connectivity index (χ0v) is 12.7. The van der Waals surface area contributed by atoms with Gasteiger partial charge in [-0.15, -0.1) is 0 Å². The minimum Gasteiger partial charge on any atom is -0.277 e. The van der Waals surface area contributed by atoms with Gasteiger partial charge in [-0.05, 0) is 17.5 Å². The van der Waals surface area contributed by atoms with Gasteiger partial charge in [0.25, 0.3) is 11.8 Å². The van der Waals surface area contributed by atoms with Crippen molar-refractivity contribution in [1.82, 2.24) is 4.90 Å². The Kier molecular flexibility index (Phi) is 7.36. The molecule has 0 spiro atoms. The Morgan fingerprint density at radius 1 is 0.762 bits per heavy atom. The van der Waals surface area contributed by atoms with Crippen molar-refractivity contribution in [2.24, 2.45) is 0 Å². The van der Waals surface area contributed by atoms with Crippen LogP contribution in [0.5, 0.6) is 0 Å². The lowest BCUT2D eigenvalue weighted by atomic mass is 9.94. The van der Waals surface area contributed by atoms with E-state index >= 15 is 0 Å². The number of amides is 2. The van der Waals surface area contributed by atoms with Crippen LogP contribution < -0.4 is 0 Å². The van der Waals surface area contributed by atoms with E-state index in [0.29, 0.717) is 11.1 Å². The quantitative estimate of drug-likeness (QED) is 0.655. The molecule has 21 heavy (non-hydrogen) atoms. The molecular formula is C18H25NO2. The number of rotatable bonds is 0. The number of hydrogen-bond donors (Lipinski definition) is 0. The molecule has 0 N–H and O–H groups in total.